The van der Waals surface area contributed by atoms with E-state index in [0.29, 0.717) is 28.7 Å². The molecule has 2 aromatic rings. The Morgan fingerprint density at radius 1 is 1.27 bits per heavy atom. The van der Waals surface area contributed by atoms with Crippen LogP contribution in [0.25, 0.3) is 0 Å². The maximum absolute atomic E-state index is 13.7. The van der Waals surface area contributed by atoms with Crippen LogP contribution in [0.3, 0.4) is 0 Å². The number of halogens is 2. The second-order valence-corrected chi connectivity index (χ2v) is 8.95. The van der Waals surface area contributed by atoms with E-state index in [-0.39, 0.29) is 23.9 Å². The summed E-state index contributed by atoms with van der Waals surface area (Å²) >= 11 is 3.16. The largest absolute Gasteiger partial charge is 0.482 e. The molecule has 1 heterocycles. The van der Waals surface area contributed by atoms with Gasteiger partial charge in [0.1, 0.15) is 0 Å². The fraction of sp³-hybridized carbons (Fsp3) is 0.278. The van der Waals surface area contributed by atoms with Crippen LogP contribution in [0.2, 0.25) is 0 Å². The third-order valence-electron chi connectivity index (χ3n) is 4.21. The van der Waals surface area contributed by atoms with Crippen LogP contribution in [0.15, 0.2) is 40.9 Å². The van der Waals surface area contributed by atoms with Crippen LogP contribution in [0, 0.1) is 5.82 Å². The summed E-state index contributed by atoms with van der Waals surface area (Å²) in [6.07, 6.45) is 0.553. The molecule has 8 heteroatoms. The molecule has 0 atom stereocenters. The lowest BCUT2D eigenvalue weighted by Crippen LogP contribution is -2.30. The summed E-state index contributed by atoms with van der Waals surface area (Å²) in [6, 6.07) is 9.24. The Morgan fingerprint density at radius 3 is 2.73 bits per heavy atom. The van der Waals surface area contributed by atoms with Crippen LogP contribution in [0.5, 0.6) is 5.75 Å². The number of carbonyl (C=O) groups is 1. The van der Waals surface area contributed by atoms with E-state index in [1.807, 2.05) is 0 Å². The number of anilines is 1. The second-order valence-electron chi connectivity index (χ2n) is 5.85. The topological polar surface area (TPSA) is 63.7 Å². The van der Waals surface area contributed by atoms with Crippen molar-refractivity contribution in [2.24, 2.45) is 0 Å². The number of hydrogen-bond acceptors (Lipinski definition) is 4. The number of hydrogen-bond donors (Lipinski definition) is 0. The summed E-state index contributed by atoms with van der Waals surface area (Å²) in [5.41, 5.74) is 1.84. The summed E-state index contributed by atoms with van der Waals surface area (Å²) in [5.74, 6) is -0.823. The van der Waals surface area contributed by atoms with Gasteiger partial charge in [-0.2, -0.15) is 0 Å². The maximum atomic E-state index is 13.7. The molecule has 1 aliphatic heterocycles. The average Bonchev–Trinajstić information content (AvgIpc) is 3.04. The zero-order valence-electron chi connectivity index (χ0n) is 14.0. The molecular formula is C18H17BrFNO4S. The minimum absolute atomic E-state index is 0.00271. The van der Waals surface area contributed by atoms with E-state index in [2.05, 4.69) is 15.9 Å². The van der Waals surface area contributed by atoms with Gasteiger partial charge in [-0.25, -0.2) is 12.8 Å². The van der Waals surface area contributed by atoms with Crippen molar-refractivity contribution < 1.29 is 22.3 Å². The molecule has 0 aromatic heterocycles. The van der Waals surface area contributed by atoms with E-state index < -0.39 is 15.8 Å². The van der Waals surface area contributed by atoms with Crippen LogP contribution in [0.4, 0.5) is 10.1 Å². The van der Waals surface area contributed by atoms with Crippen molar-refractivity contribution >= 4 is 37.4 Å². The maximum Gasteiger partial charge on any atom is 0.234 e. The summed E-state index contributed by atoms with van der Waals surface area (Å²) in [4.78, 5) is 12.3. The number of benzene rings is 2. The van der Waals surface area contributed by atoms with Gasteiger partial charge in [0.2, 0.25) is 10.0 Å². The fourth-order valence-corrected chi connectivity index (χ4v) is 4.30. The molecule has 0 amide bonds. The van der Waals surface area contributed by atoms with Gasteiger partial charge in [-0.3, -0.25) is 9.10 Å². The molecule has 0 N–H and O–H groups in total. The van der Waals surface area contributed by atoms with Gasteiger partial charge in [-0.15, -0.1) is 0 Å². The first-order valence-corrected chi connectivity index (χ1v) is 10.5. The van der Waals surface area contributed by atoms with Crippen LogP contribution >= 0.6 is 15.9 Å². The summed E-state index contributed by atoms with van der Waals surface area (Å²) in [6.45, 7) is 1.68. The summed E-state index contributed by atoms with van der Waals surface area (Å²) in [5, 5.41) is 0. The number of ether oxygens (including phenoxy) is 1. The Labute approximate surface area is 160 Å². The zero-order chi connectivity index (χ0) is 18.9. The molecular weight excluding hydrogens is 425 g/mol. The van der Waals surface area contributed by atoms with Gasteiger partial charge in [0, 0.05) is 16.6 Å². The Morgan fingerprint density at radius 2 is 2.04 bits per heavy atom. The molecule has 0 aliphatic carbocycles. The van der Waals surface area contributed by atoms with Crippen molar-refractivity contribution in [3.05, 3.63) is 57.8 Å². The quantitative estimate of drug-likeness (QED) is 0.642. The van der Waals surface area contributed by atoms with E-state index in [9.17, 15) is 17.6 Å². The number of fused-ring (bicyclic) bond motifs is 1. The van der Waals surface area contributed by atoms with Crippen molar-refractivity contribution in [2.75, 3.05) is 23.2 Å². The molecule has 2 aromatic carbocycles. The number of nitrogens with zero attached hydrogens (tertiary/aromatic N) is 1. The molecule has 1 aliphatic rings. The number of carbonyl (C=O) groups excluding carboxylic acids is 1. The van der Waals surface area contributed by atoms with Gasteiger partial charge in [-0.05, 0) is 55.3 Å². The SMILES string of the molecule is CCS(=O)(=O)N1CCc2cc(C(=O)COc3ccc(Br)cc3F)ccc21. The van der Waals surface area contributed by atoms with Gasteiger partial charge in [-0.1, -0.05) is 15.9 Å². The normalized spacial score (nSPS) is 13.6. The van der Waals surface area contributed by atoms with Gasteiger partial charge in [0.05, 0.1) is 11.4 Å². The van der Waals surface area contributed by atoms with Crippen molar-refractivity contribution in [3.63, 3.8) is 0 Å². The molecule has 0 spiro atoms. The first-order chi connectivity index (χ1) is 12.3. The predicted molar refractivity (Wildman–Crippen MR) is 101 cm³/mol. The molecule has 0 saturated heterocycles. The average molecular weight is 442 g/mol. The highest BCUT2D eigenvalue weighted by Crippen LogP contribution is 2.31. The number of Topliss-reactive ketones (excluding diaryl/α,β-unsaturated/α-hetero) is 1. The third kappa shape index (κ3) is 3.76. The highest BCUT2D eigenvalue weighted by atomic mass is 79.9. The van der Waals surface area contributed by atoms with Crippen molar-refractivity contribution in [2.45, 2.75) is 13.3 Å². The Hall–Kier alpha value is -1.93. The second kappa shape index (κ2) is 7.36. The molecule has 26 heavy (non-hydrogen) atoms. The van der Waals surface area contributed by atoms with E-state index in [1.165, 1.54) is 16.4 Å². The van der Waals surface area contributed by atoms with Crippen molar-refractivity contribution in [1.29, 1.82) is 0 Å². The lowest BCUT2D eigenvalue weighted by atomic mass is 10.1. The van der Waals surface area contributed by atoms with Gasteiger partial charge < -0.3 is 4.74 Å². The molecule has 0 radical (unpaired) electrons. The standard InChI is InChI=1S/C18H17BrFNO4S/c1-2-26(23,24)21-8-7-12-9-13(3-5-16(12)21)17(22)11-25-18-6-4-14(19)10-15(18)20/h3-6,9-10H,2,7-8,11H2,1H3. The van der Waals surface area contributed by atoms with Crippen LogP contribution in [-0.4, -0.2) is 33.1 Å². The highest BCUT2D eigenvalue weighted by molar-refractivity contribution is 9.10. The van der Waals surface area contributed by atoms with Gasteiger partial charge in [0.25, 0.3) is 0 Å². The highest BCUT2D eigenvalue weighted by Gasteiger charge is 2.28. The molecule has 0 bridgehead atoms. The molecule has 3 rings (SSSR count). The lowest BCUT2D eigenvalue weighted by molar-refractivity contribution is 0.0918. The van der Waals surface area contributed by atoms with Crippen LogP contribution < -0.4 is 9.04 Å². The van der Waals surface area contributed by atoms with Crippen molar-refractivity contribution in [3.8, 4) is 5.75 Å². The molecule has 138 valence electrons. The lowest BCUT2D eigenvalue weighted by Gasteiger charge is -2.18. The molecule has 0 unspecified atom stereocenters. The number of ketones is 1. The summed E-state index contributed by atoms with van der Waals surface area (Å²) < 4.78 is 45.2. The Balaban J connectivity index is 1.74. The third-order valence-corrected chi connectivity index (χ3v) is 6.48. The Bertz CT molecular complexity index is 962. The minimum Gasteiger partial charge on any atom is -0.482 e. The summed E-state index contributed by atoms with van der Waals surface area (Å²) in [7, 11) is -3.32. The predicted octanol–water partition coefficient (Wildman–Crippen LogP) is 3.56. The van der Waals surface area contributed by atoms with Crippen LogP contribution in [-0.2, 0) is 16.4 Å². The fourth-order valence-electron chi connectivity index (χ4n) is 2.81. The van der Waals surface area contributed by atoms with E-state index in [1.54, 1.807) is 31.2 Å². The molecule has 0 saturated carbocycles. The van der Waals surface area contributed by atoms with E-state index in [4.69, 9.17) is 4.74 Å². The molecule has 5 nitrogen and oxygen atoms in total. The number of sulfonamides is 1. The molecule has 0 fully saturated rings. The van der Waals surface area contributed by atoms with Crippen molar-refractivity contribution in [1.82, 2.24) is 0 Å². The van der Waals surface area contributed by atoms with Gasteiger partial charge >= 0.3 is 0 Å². The zero-order valence-corrected chi connectivity index (χ0v) is 16.4. The number of rotatable bonds is 6. The van der Waals surface area contributed by atoms with E-state index >= 15 is 0 Å². The van der Waals surface area contributed by atoms with Gasteiger partial charge in [0.15, 0.2) is 24.0 Å². The monoisotopic (exact) mass is 441 g/mol. The van der Waals surface area contributed by atoms with E-state index in [0.717, 1.165) is 5.56 Å². The first-order valence-electron chi connectivity index (χ1n) is 8.06. The first kappa shape index (κ1) is 18.8. The Kier molecular flexibility index (Phi) is 5.34. The smallest absolute Gasteiger partial charge is 0.234 e. The minimum atomic E-state index is -3.32. The van der Waals surface area contributed by atoms with Crippen LogP contribution in [0.1, 0.15) is 22.8 Å².